The van der Waals surface area contributed by atoms with Crippen molar-refractivity contribution < 1.29 is 28.5 Å². The van der Waals surface area contributed by atoms with E-state index >= 15 is 0 Å². The van der Waals surface area contributed by atoms with Gasteiger partial charge in [0.1, 0.15) is 11.5 Å². The summed E-state index contributed by atoms with van der Waals surface area (Å²) < 4.78 is 23.5. The molecule has 180 valence electrons. The molecule has 0 N–H and O–H groups in total. The molecule has 4 rings (SSSR count). The number of rotatable bonds is 9. The van der Waals surface area contributed by atoms with Gasteiger partial charge >= 0.3 is 5.97 Å². The first-order chi connectivity index (χ1) is 16.5. The van der Waals surface area contributed by atoms with Crippen LogP contribution in [0.15, 0.2) is 42.5 Å². The molecule has 0 saturated heterocycles. The second-order valence-electron chi connectivity index (χ2n) is 7.89. The zero-order chi connectivity index (χ0) is 24.2. The number of carbonyl (C=O) groups excluding carboxylic acids is 2. The fourth-order valence-corrected chi connectivity index (χ4v) is 4.47. The second-order valence-corrected chi connectivity index (χ2v) is 7.89. The summed E-state index contributed by atoms with van der Waals surface area (Å²) in [6.45, 7) is 2.72. The Morgan fingerprint density at radius 3 is 2.59 bits per heavy atom. The Morgan fingerprint density at radius 2 is 1.88 bits per heavy atom. The molecule has 1 aromatic heterocycles. The molecular weight excluding hydrogens is 438 g/mol. The van der Waals surface area contributed by atoms with Gasteiger partial charge in [-0.05, 0) is 37.6 Å². The summed E-state index contributed by atoms with van der Waals surface area (Å²) in [6.07, 6.45) is 0.595. The third kappa shape index (κ3) is 4.07. The molecule has 0 radical (unpaired) electrons. The summed E-state index contributed by atoms with van der Waals surface area (Å²) >= 11 is 0. The van der Waals surface area contributed by atoms with Gasteiger partial charge in [0, 0.05) is 31.9 Å². The molecule has 3 aromatic rings. The summed E-state index contributed by atoms with van der Waals surface area (Å²) in [6, 6.07) is 12.3. The van der Waals surface area contributed by atoms with Gasteiger partial charge in [0.15, 0.2) is 5.92 Å². The van der Waals surface area contributed by atoms with Gasteiger partial charge in [-0.1, -0.05) is 12.1 Å². The van der Waals surface area contributed by atoms with Gasteiger partial charge in [0.05, 0.1) is 37.9 Å². The number of aromatic nitrogens is 2. The number of hydrogen-bond acceptors (Lipinski definition) is 7. The Morgan fingerprint density at radius 1 is 1.09 bits per heavy atom. The van der Waals surface area contributed by atoms with Crippen LogP contribution in [0.1, 0.15) is 24.9 Å². The Kier molecular flexibility index (Phi) is 7.02. The number of anilines is 1. The van der Waals surface area contributed by atoms with Gasteiger partial charge in [0.25, 0.3) is 0 Å². The molecule has 0 fully saturated rings. The number of methoxy groups -OCH3 is 3. The average Bonchev–Trinajstić information content (AvgIpc) is 3.24. The lowest BCUT2D eigenvalue weighted by Crippen LogP contribution is -2.50. The Bertz CT molecular complexity index is 1190. The van der Waals surface area contributed by atoms with E-state index in [1.807, 2.05) is 34.9 Å². The van der Waals surface area contributed by atoms with Crippen molar-refractivity contribution >= 4 is 28.9 Å². The molecule has 9 nitrogen and oxygen atoms in total. The van der Waals surface area contributed by atoms with E-state index in [1.165, 1.54) is 0 Å². The number of para-hydroxylation sites is 2. The van der Waals surface area contributed by atoms with Crippen LogP contribution in [0.25, 0.3) is 11.0 Å². The largest absolute Gasteiger partial charge is 0.497 e. The first-order valence-electron chi connectivity index (χ1n) is 11.2. The topological polar surface area (TPSA) is 92.1 Å². The van der Waals surface area contributed by atoms with Crippen LogP contribution in [0.2, 0.25) is 0 Å². The van der Waals surface area contributed by atoms with Crippen molar-refractivity contribution in [2.24, 2.45) is 5.92 Å². The number of amides is 1. The third-order valence-corrected chi connectivity index (χ3v) is 5.97. The minimum absolute atomic E-state index is 0.163. The van der Waals surface area contributed by atoms with E-state index in [4.69, 9.17) is 23.9 Å². The number of esters is 1. The molecule has 1 amide bonds. The van der Waals surface area contributed by atoms with Crippen LogP contribution in [-0.2, 0) is 19.1 Å². The number of fused-ring (bicyclic) bond motifs is 3. The lowest BCUT2D eigenvalue weighted by Gasteiger charge is -2.38. The first-order valence-corrected chi connectivity index (χ1v) is 11.2. The van der Waals surface area contributed by atoms with Crippen LogP contribution in [0, 0.1) is 5.92 Å². The molecule has 9 heteroatoms. The van der Waals surface area contributed by atoms with Crippen molar-refractivity contribution in [2.45, 2.75) is 19.4 Å². The third-order valence-electron chi connectivity index (χ3n) is 5.97. The molecular formula is C25H29N3O6. The summed E-state index contributed by atoms with van der Waals surface area (Å²) in [7, 11) is 4.73. The number of nitrogens with zero attached hydrogens (tertiary/aromatic N) is 3. The second kappa shape index (κ2) is 10.1. The number of benzene rings is 2. The van der Waals surface area contributed by atoms with E-state index in [0.29, 0.717) is 42.6 Å². The average molecular weight is 468 g/mol. The van der Waals surface area contributed by atoms with E-state index in [1.54, 1.807) is 45.3 Å². The standard InChI is InChI=1S/C25H29N3O6/c1-5-34-24(30)21-22(17-12-11-16(32-3)15-20(17)33-4)28-19-10-7-6-9-18(19)26-25(28)27(23(21)29)13-8-14-31-2/h6-7,9-12,15,21-22H,5,8,13-14H2,1-4H3/t21-,22+/m1/s1. The molecule has 1 aliphatic rings. The number of imidazole rings is 1. The van der Waals surface area contributed by atoms with E-state index < -0.39 is 17.9 Å². The zero-order valence-corrected chi connectivity index (χ0v) is 19.8. The summed E-state index contributed by atoms with van der Waals surface area (Å²) in [5.74, 6) is -0.480. The highest BCUT2D eigenvalue weighted by Crippen LogP contribution is 2.44. The molecule has 0 aliphatic carbocycles. The first kappa shape index (κ1) is 23.6. The van der Waals surface area contributed by atoms with Crippen molar-refractivity contribution in [2.75, 3.05) is 46.0 Å². The van der Waals surface area contributed by atoms with Gasteiger partial charge in [0.2, 0.25) is 11.9 Å². The van der Waals surface area contributed by atoms with Crippen molar-refractivity contribution in [1.29, 1.82) is 0 Å². The molecule has 2 heterocycles. The van der Waals surface area contributed by atoms with Crippen LogP contribution >= 0.6 is 0 Å². The monoisotopic (exact) mass is 467 g/mol. The van der Waals surface area contributed by atoms with Gasteiger partial charge in [-0.25, -0.2) is 4.98 Å². The van der Waals surface area contributed by atoms with Crippen molar-refractivity contribution in [3.63, 3.8) is 0 Å². The lowest BCUT2D eigenvalue weighted by molar-refractivity contribution is -0.153. The van der Waals surface area contributed by atoms with Gasteiger partial charge in [-0.3, -0.25) is 14.5 Å². The predicted octanol–water partition coefficient (Wildman–Crippen LogP) is 3.21. The predicted molar refractivity (Wildman–Crippen MR) is 126 cm³/mol. The normalized spacial score (nSPS) is 17.5. The quantitative estimate of drug-likeness (QED) is 0.271. The number of hydrogen-bond donors (Lipinski definition) is 0. The van der Waals surface area contributed by atoms with Gasteiger partial charge < -0.3 is 23.5 Å². The Balaban J connectivity index is 1.98. The van der Waals surface area contributed by atoms with Gasteiger partial charge in [-0.15, -0.1) is 0 Å². The maximum absolute atomic E-state index is 13.8. The van der Waals surface area contributed by atoms with Gasteiger partial charge in [-0.2, -0.15) is 0 Å². The number of carbonyl (C=O) groups is 2. The summed E-state index contributed by atoms with van der Waals surface area (Å²) in [5.41, 5.74) is 2.19. The van der Waals surface area contributed by atoms with E-state index in [2.05, 4.69) is 0 Å². The zero-order valence-electron chi connectivity index (χ0n) is 19.8. The molecule has 2 aromatic carbocycles. The fraction of sp³-hybridized carbons (Fsp3) is 0.400. The van der Waals surface area contributed by atoms with E-state index in [9.17, 15) is 9.59 Å². The molecule has 0 spiro atoms. The Hall–Kier alpha value is -3.59. The summed E-state index contributed by atoms with van der Waals surface area (Å²) in [5, 5.41) is 0. The molecule has 34 heavy (non-hydrogen) atoms. The minimum atomic E-state index is -1.12. The fourth-order valence-electron chi connectivity index (χ4n) is 4.47. The molecule has 1 aliphatic heterocycles. The summed E-state index contributed by atoms with van der Waals surface area (Å²) in [4.78, 5) is 33.5. The molecule has 0 bridgehead atoms. The van der Waals surface area contributed by atoms with Crippen LogP contribution in [0.5, 0.6) is 11.5 Å². The van der Waals surface area contributed by atoms with Crippen LogP contribution < -0.4 is 14.4 Å². The molecule has 2 atom stereocenters. The van der Waals surface area contributed by atoms with Crippen molar-refractivity contribution in [3.05, 3.63) is 48.0 Å². The smallest absolute Gasteiger partial charge is 0.321 e. The van der Waals surface area contributed by atoms with E-state index in [0.717, 1.165) is 11.0 Å². The lowest BCUT2D eigenvalue weighted by atomic mass is 9.88. The molecule has 0 saturated carbocycles. The van der Waals surface area contributed by atoms with Crippen molar-refractivity contribution in [1.82, 2.24) is 9.55 Å². The van der Waals surface area contributed by atoms with Crippen LogP contribution in [-0.4, -0.2) is 62.5 Å². The Labute approximate surface area is 198 Å². The molecule has 0 unspecified atom stereocenters. The highest BCUT2D eigenvalue weighted by molar-refractivity contribution is 6.08. The maximum atomic E-state index is 13.8. The van der Waals surface area contributed by atoms with Crippen molar-refractivity contribution in [3.8, 4) is 11.5 Å². The van der Waals surface area contributed by atoms with Crippen LogP contribution in [0.4, 0.5) is 5.95 Å². The number of ether oxygens (including phenoxy) is 4. The van der Waals surface area contributed by atoms with Crippen LogP contribution in [0.3, 0.4) is 0 Å². The SMILES string of the molecule is CCOC(=O)[C@H]1C(=O)N(CCCOC)c2nc3ccccc3n2[C@H]1c1ccc(OC)cc1OC. The maximum Gasteiger partial charge on any atom is 0.321 e. The minimum Gasteiger partial charge on any atom is -0.497 e. The highest BCUT2D eigenvalue weighted by atomic mass is 16.5. The van der Waals surface area contributed by atoms with E-state index in [-0.39, 0.29) is 12.5 Å². The highest BCUT2D eigenvalue weighted by Gasteiger charge is 2.48.